The van der Waals surface area contributed by atoms with Gasteiger partial charge in [-0.25, -0.2) is 0 Å². The van der Waals surface area contributed by atoms with Crippen LogP contribution in [0.5, 0.6) is 5.75 Å². The molecule has 1 amide bonds. The van der Waals surface area contributed by atoms with Crippen molar-refractivity contribution >= 4 is 5.91 Å². The molecule has 2 aromatic rings. The molecular formula is C20H24N2O3. The van der Waals surface area contributed by atoms with Gasteiger partial charge in [0.15, 0.2) is 6.10 Å². The van der Waals surface area contributed by atoms with Crippen LogP contribution in [0, 0.1) is 0 Å². The fourth-order valence-corrected chi connectivity index (χ4v) is 3.07. The maximum absolute atomic E-state index is 12.5. The Morgan fingerprint density at radius 1 is 1.04 bits per heavy atom. The fraction of sp³-hybridized carbons (Fsp3) is 0.350. The lowest BCUT2D eigenvalue weighted by Crippen LogP contribution is -2.49. The van der Waals surface area contributed by atoms with Gasteiger partial charge in [-0.3, -0.25) is 9.69 Å². The molecule has 0 unspecified atom stereocenters. The Bertz CT molecular complexity index is 680. The lowest BCUT2D eigenvalue weighted by molar-refractivity contribution is -0.142. The summed E-state index contributed by atoms with van der Waals surface area (Å²) in [4.78, 5) is 16.5. The van der Waals surface area contributed by atoms with Crippen LogP contribution in [0.1, 0.15) is 17.2 Å². The molecule has 1 heterocycles. The van der Waals surface area contributed by atoms with Gasteiger partial charge in [0.05, 0.1) is 7.11 Å². The standard InChI is InChI=1S/C20H24N2O3/c1-25-18-9-7-16(8-10-18)15-21-11-13-22(14-12-21)20(24)19(23)17-5-3-2-4-6-17/h2-10,19,23H,11-15H2,1H3/t19-/m0/s1. The summed E-state index contributed by atoms with van der Waals surface area (Å²) in [5.74, 6) is 0.643. The summed E-state index contributed by atoms with van der Waals surface area (Å²) in [5, 5.41) is 10.3. The molecule has 2 aromatic carbocycles. The van der Waals surface area contributed by atoms with Crippen molar-refractivity contribution < 1.29 is 14.6 Å². The molecule has 5 nitrogen and oxygen atoms in total. The summed E-state index contributed by atoms with van der Waals surface area (Å²) in [5.41, 5.74) is 1.87. The number of benzene rings is 2. The van der Waals surface area contributed by atoms with Crippen molar-refractivity contribution in [3.05, 3.63) is 65.7 Å². The largest absolute Gasteiger partial charge is 0.497 e. The number of carbonyl (C=O) groups excluding carboxylic acids is 1. The van der Waals surface area contributed by atoms with Crippen LogP contribution in [-0.2, 0) is 11.3 Å². The molecule has 1 saturated heterocycles. The normalized spacial score (nSPS) is 16.5. The molecule has 3 rings (SSSR count). The van der Waals surface area contributed by atoms with Crippen molar-refractivity contribution in [2.24, 2.45) is 0 Å². The van der Waals surface area contributed by atoms with Gasteiger partial charge in [-0.2, -0.15) is 0 Å². The quantitative estimate of drug-likeness (QED) is 0.905. The molecule has 1 aliphatic heterocycles. The topological polar surface area (TPSA) is 53.0 Å². The third-order valence-corrected chi connectivity index (χ3v) is 4.60. The highest BCUT2D eigenvalue weighted by Gasteiger charge is 2.26. The van der Waals surface area contributed by atoms with Gasteiger partial charge in [-0.05, 0) is 23.3 Å². The van der Waals surface area contributed by atoms with E-state index in [9.17, 15) is 9.90 Å². The highest BCUT2D eigenvalue weighted by molar-refractivity contribution is 5.82. The first-order valence-electron chi connectivity index (χ1n) is 8.54. The third-order valence-electron chi connectivity index (χ3n) is 4.60. The molecule has 25 heavy (non-hydrogen) atoms. The van der Waals surface area contributed by atoms with Crippen LogP contribution in [-0.4, -0.2) is 54.1 Å². The van der Waals surface area contributed by atoms with E-state index in [4.69, 9.17) is 4.74 Å². The number of nitrogens with zero attached hydrogens (tertiary/aromatic N) is 2. The number of methoxy groups -OCH3 is 1. The van der Waals surface area contributed by atoms with E-state index in [2.05, 4.69) is 17.0 Å². The van der Waals surface area contributed by atoms with Gasteiger partial charge < -0.3 is 14.7 Å². The maximum Gasteiger partial charge on any atom is 0.256 e. The minimum atomic E-state index is -1.07. The number of aliphatic hydroxyl groups excluding tert-OH is 1. The number of aliphatic hydroxyl groups is 1. The molecule has 0 saturated carbocycles. The van der Waals surface area contributed by atoms with E-state index in [1.807, 2.05) is 30.3 Å². The Labute approximate surface area is 148 Å². The first-order chi connectivity index (χ1) is 12.2. The zero-order chi connectivity index (χ0) is 17.6. The van der Waals surface area contributed by atoms with Crippen molar-refractivity contribution in [1.29, 1.82) is 0 Å². The second-order valence-corrected chi connectivity index (χ2v) is 6.26. The van der Waals surface area contributed by atoms with Crippen LogP contribution in [0.25, 0.3) is 0 Å². The van der Waals surface area contributed by atoms with Crippen LogP contribution < -0.4 is 4.74 Å². The molecule has 0 spiro atoms. The highest BCUT2D eigenvalue weighted by atomic mass is 16.5. The van der Waals surface area contributed by atoms with Crippen LogP contribution in [0.3, 0.4) is 0 Å². The van der Waals surface area contributed by atoms with Crippen molar-refractivity contribution in [2.75, 3.05) is 33.3 Å². The van der Waals surface area contributed by atoms with Crippen LogP contribution in [0.4, 0.5) is 0 Å². The second-order valence-electron chi connectivity index (χ2n) is 6.26. The molecule has 0 aromatic heterocycles. The molecule has 1 atom stereocenters. The maximum atomic E-state index is 12.5. The van der Waals surface area contributed by atoms with Crippen molar-refractivity contribution in [1.82, 2.24) is 9.80 Å². The predicted octanol–water partition coefficient (Wildman–Crippen LogP) is 2.07. The molecule has 1 fully saturated rings. The van der Waals surface area contributed by atoms with E-state index < -0.39 is 6.10 Å². The summed E-state index contributed by atoms with van der Waals surface area (Å²) < 4.78 is 5.18. The van der Waals surface area contributed by atoms with E-state index >= 15 is 0 Å². The van der Waals surface area contributed by atoms with Crippen LogP contribution >= 0.6 is 0 Å². The zero-order valence-corrected chi connectivity index (χ0v) is 14.5. The Kier molecular flexibility index (Phi) is 5.68. The van der Waals surface area contributed by atoms with Gasteiger partial charge in [0, 0.05) is 32.7 Å². The first-order valence-corrected chi connectivity index (χ1v) is 8.54. The molecule has 0 radical (unpaired) electrons. The van der Waals surface area contributed by atoms with Gasteiger partial charge >= 0.3 is 0 Å². The highest BCUT2D eigenvalue weighted by Crippen LogP contribution is 2.18. The molecule has 0 bridgehead atoms. The number of hydrogen-bond acceptors (Lipinski definition) is 4. The lowest BCUT2D eigenvalue weighted by atomic mass is 10.1. The SMILES string of the molecule is COc1ccc(CN2CCN(C(=O)[C@@H](O)c3ccccc3)CC2)cc1. The van der Waals surface area contributed by atoms with Crippen LogP contribution in [0.15, 0.2) is 54.6 Å². The smallest absolute Gasteiger partial charge is 0.256 e. The van der Waals surface area contributed by atoms with Gasteiger partial charge in [-0.1, -0.05) is 42.5 Å². The van der Waals surface area contributed by atoms with E-state index in [0.29, 0.717) is 18.7 Å². The Balaban J connectivity index is 1.51. The fourth-order valence-electron chi connectivity index (χ4n) is 3.07. The number of carbonyl (C=O) groups is 1. The van der Waals surface area contributed by atoms with Gasteiger partial charge in [0.25, 0.3) is 5.91 Å². The molecule has 1 aliphatic rings. The number of rotatable bonds is 5. The number of ether oxygens (including phenoxy) is 1. The molecular weight excluding hydrogens is 316 g/mol. The monoisotopic (exact) mass is 340 g/mol. The number of amides is 1. The molecule has 132 valence electrons. The Morgan fingerprint density at radius 2 is 1.68 bits per heavy atom. The molecule has 5 heteroatoms. The van der Waals surface area contributed by atoms with Crippen molar-refractivity contribution in [2.45, 2.75) is 12.6 Å². The Hall–Kier alpha value is -2.37. The minimum Gasteiger partial charge on any atom is -0.497 e. The van der Waals surface area contributed by atoms with Crippen molar-refractivity contribution in [3.8, 4) is 5.75 Å². The average Bonchev–Trinajstić information content (AvgIpc) is 2.69. The minimum absolute atomic E-state index is 0.213. The number of piperazine rings is 1. The summed E-state index contributed by atoms with van der Waals surface area (Å²) in [6.45, 7) is 3.74. The summed E-state index contributed by atoms with van der Waals surface area (Å²) in [7, 11) is 1.66. The van der Waals surface area contributed by atoms with E-state index in [1.54, 1.807) is 24.1 Å². The van der Waals surface area contributed by atoms with Gasteiger partial charge in [0.2, 0.25) is 0 Å². The molecule has 0 aliphatic carbocycles. The first kappa shape index (κ1) is 17.5. The van der Waals surface area contributed by atoms with Gasteiger partial charge in [-0.15, -0.1) is 0 Å². The van der Waals surface area contributed by atoms with Crippen LogP contribution in [0.2, 0.25) is 0 Å². The zero-order valence-electron chi connectivity index (χ0n) is 14.5. The second kappa shape index (κ2) is 8.14. The van der Waals surface area contributed by atoms with Gasteiger partial charge in [0.1, 0.15) is 5.75 Å². The summed E-state index contributed by atoms with van der Waals surface area (Å²) in [6, 6.07) is 17.2. The predicted molar refractivity (Wildman–Crippen MR) is 96.3 cm³/mol. The average molecular weight is 340 g/mol. The summed E-state index contributed by atoms with van der Waals surface area (Å²) in [6.07, 6.45) is -1.07. The Morgan fingerprint density at radius 3 is 2.28 bits per heavy atom. The van der Waals surface area contributed by atoms with Crippen molar-refractivity contribution in [3.63, 3.8) is 0 Å². The lowest BCUT2D eigenvalue weighted by Gasteiger charge is -2.35. The van der Waals surface area contributed by atoms with E-state index in [0.717, 1.165) is 25.4 Å². The summed E-state index contributed by atoms with van der Waals surface area (Å²) >= 11 is 0. The number of hydrogen-bond donors (Lipinski definition) is 1. The molecule has 1 N–H and O–H groups in total. The third kappa shape index (κ3) is 4.38. The van der Waals surface area contributed by atoms with E-state index in [1.165, 1.54) is 5.56 Å². The van der Waals surface area contributed by atoms with E-state index in [-0.39, 0.29) is 5.91 Å².